The van der Waals surface area contributed by atoms with Gasteiger partial charge in [-0.1, -0.05) is 23.7 Å². The van der Waals surface area contributed by atoms with E-state index >= 15 is 0 Å². The van der Waals surface area contributed by atoms with Gasteiger partial charge in [-0.25, -0.2) is 8.70 Å². The Hall–Kier alpha value is -1.61. The van der Waals surface area contributed by atoms with Gasteiger partial charge >= 0.3 is 0 Å². The van der Waals surface area contributed by atoms with Gasteiger partial charge in [0.1, 0.15) is 12.7 Å². The summed E-state index contributed by atoms with van der Waals surface area (Å²) in [5.74, 6) is 0. The lowest BCUT2D eigenvalue weighted by Gasteiger charge is -2.24. The molecule has 0 unspecified atom stereocenters. The number of halogens is 2. The topological polar surface area (TPSA) is 39.9 Å². The lowest BCUT2D eigenvalue weighted by Crippen LogP contribution is -2.19. The molecule has 2 aromatic rings. The molecular weight excluding hydrogens is 309 g/mol. The number of hydrogen-bond donors (Lipinski definition) is 0. The van der Waals surface area contributed by atoms with Crippen molar-refractivity contribution in [3.05, 3.63) is 58.9 Å². The van der Waals surface area contributed by atoms with Crippen molar-refractivity contribution in [3.63, 3.8) is 0 Å². The van der Waals surface area contributed by atoms with Crippen LogP contribution in [-0.4, -0.2) is 23.0 Å². The van der Waals surface area contributed by atoms with Crippen molar-refractivity contribution >= 4 is 23.5 Å². The average molecular weight is 322 g/mol. The maximum absolute atomic E-state index is 13.4. The normalized spacial score (nSPS) is 12.1. The van der Waals surface area contributed by atoms with Crippen LogP contribution in [0.2, 0.25) is 5.02 Å². The summed E-state index contributed by atoms with van der Waals surface area (Å²) < 4.78 is 15.2. The monoisotopic (exact) mass is 321 g/mol. The summed E-state index contributed by atoms with van der Waals surface area (Å²) in [5.41, 5.74) is 1.33. The van der Waals surface area contributed by atoms with E-state index in [0.717, 1.165) is 10.5 Å². The largest absolute Gasteiger partial charge is 0.262 e. The lowest BCUT2D eigenvalue weighted by atomic mass is 10.1. The van der Waals surface area contributed by atoms with Crippen molar-refractivity contribution in [1.29, 1.82) is 5.26 Å². The molecule has 0 aliphatic carbocycles. The smallest absolute Gasteiger partial charge is 0.110 e. The van der Waals surface area contributed by atoms with E-state index in [2.05, 4.69) is 4.98 Å². The quantitative estimate of drug-likeness (QED) is 0.772. The summed E-state index contributed by atoms with van der Waals surface area (Å²) in [6.45, 7) is -0.517. The van der Waals surface area contributed by atoms with E-state index in [1.807, 2.05) is 25.2 Å². The van der Waals surface area contributed by atoms with Crippen molar-refractivity contribution in [2.24, 2.45) is 0 Å². The summed E-state index contributed by atoms with van der Waals surface area (Å²) in [6, 6.07) is 10.5. The van der Waals surface area contributed by atoms with Crippen molar-refractivity contribution in [1.82, 2.24) is 9.29 Å². The molecule has 0 saturated heterocycles. The number of rotatable bonds is 5. The highest BCUT2D eigenvalue weighted by Gasteiger charge is 2.18. The first-order valence-corrected chi connectivity index (χ1v) is 7.36. The molecule has 0 fully saturated rings. The number of hydrogen-bond acceptors (Lipinski definition) is 4. The maximum atomic E-state index is 13.4. The molecular formula is C15H13ClFN3S. The summed E-state index contributed by atoms with van der Waals surface area (Å²) in [5, 5.41) is 9.49. The van der Waals surface area contributed by atoms with Crippen molar-refractivity contribution < 1.29 is 4.39 Å². The zero-order valence-corrected chi connectivity index (χ0v) is 12.9. The number of nitrogens with zero attached hydrogens (tertiary/aromatic N) is 3. The van der Waals surface area contributed by atoms with Crippen LogP contribution >= 0.6 is 23.5 Å². The van der Waals surface area contributed by atoms with E-state index in [-0.39, 0.29) is 0 Å². The van der Waals surface area contributed by atoms with Gasteiger partial charge in [-0.3, -0.25) is 4.98 Å². The number of aromatic nitrogens is 1. The van der Waals surface area contributed by atoms with Crippen molar-refractivity contribution in [2.45, 2.75) is 10.9 Å². The molecule has 1 atom stereocenters. The van der Waals surface area contributed by atoms with Crippen LogP contribution in [0.15, 0.2) is 47.6 Å². The van der Waals surface area contributed by atoms with Gasteiger partial charge in [0.2, 0.25) is 0 Å². The van der Waals surface area contributed by atoms with E-state index in [1.54, 1.807) is 28.7 Å². The molecule has 0 aliphatic heterocycles. The molecule has 3 nitrogen and oxygen atoms in total. The van der Waals surface area contributed by atoms with Crippen LogP contribution < -0.4 is 0 Å². The summed E-state index contributed by atoms with van der Waals surface area (Å²) in [6.07, 6.45) is 3.15. The standard InChI is InChI=1S/C15H13ClFN3S/c1-20(21-14-6-11(8-18)9-19-10-14)15(7-17)12-2-4-13(16)5-3-12/h2-6,9-10,15H,7H2,1H3/t15-/m0/s1. The first kappa shape index (κ1) is 15.8. The molecule has 0 amide bonds. The molecule has 21 heavy (non-hydrogen) atoms. The van der Waals surface area contributed by atoms with Crippen LogP contribution in [0, 0.1) is 11.3 Å². The molecule has 0 N–H and O–H groups in total. The third kappa shape index (κ3) is 4.18. The van der Waals surface area contributed by atoms with E-state index in [9.17, 15) is 4.39 Å². The molecule has 0 saturated carbocycles. The third-order valence-electron chi connectivity index (χ3n) is 2.93. The number of nitriles is 1. The Morgan fingerprint density at radius 2 is 2.10 bits per heavy atom. The van der Waals surface area contributed by atoms with Gasteiger partial charge in [0, 0.05) is 22.3 Å². The molecule has 108 valence electrons. The van der Waals surface area contributed by atoms with Crippen LogP contribution in [0.1, 0.15) is 17.2 Å². The highest BCUT2D eigenvalue weighted by Crippen LogP contribution is 2.31. The molecule has 1 aromatic carbocycles. The average Bonchev–Trinajstić information content (AvgIpc) is 2.50. The Morgan fingerprint density at radius 1 is 1.38 bits per heavy atom. The van der Waals surface area contributed by atoms with Gasteiger partial charge in [-0.15, -0.1) is 0 Å². The third-order valence-corrected chi connectivity index (χ3v) is 4.16. The fourth-order valence-electron chi connectivity index (χ4n) is 1.84. The van der Waals surface area contributed by atoms with Crippen LogP contribution in [0.4, 0.5) is 4.39 Å². The predicted octanol–water partition coefficient (Wildman–Crippen LogP) is 4.26. The van der Waals surface area contributed by atoms with Gasteiger partial charge in [0.05, 0.1) is 11.6 Å². The van der Waals surface area contributed by atoms with Gasteiger partial charge in [-0.05, 0) is 42.8 Å². The Balaban J connectivity index is 2.14. The first-order valence-electron chi connectivity index (χ1n) is 6.21. The van der Waals surface area contributed by atoms with Crippen molar-refractivity contribution in [2.75, 3.05) is 13.7 Å². The molecule has 1 aromatic heterocycles. The van der Waals surface area contributed by atoms with E-state index in [4.69, 9.17) is 16.9 Å². The summed E-state index contributed by atoms with van der Waals surface area (Å²) in [7, 11) is 1.81. The second kappa shape index (κ2) is 7.41. The first-order chi connectivity index (χ1) is 10.1. The maximum Gasteiger partial charge on any atom is 0.110 e. The Bertz CT molecular complexity index is 642. The van der Waals surface area contributed by atoms with Gasteiger partial charge in [-0.2, -0.15) is 5.26 Å². The highest BCUT2D eigenvalue weighted by molar-refractivity contribution is 7.97. The van der Waals surface area contributed by atoms with Crippen LogP contribution in [0.25, 0.3) is 0 Å². The number of pyridine rings is 1. The Morgan fingerprint density at radius 3 is 2.71 bits per heavy atom. The summed E-state index contributed by atoms with van der Waals surface area (Å²) >= 11 is 7.20. The van der Waals surface area contributed by atoms with Gasteiger partial charge in [0.15, 0.2) is 0 Å². The highest BCUT2D eigenvalue weighted by atomic mass is 35.5. The SMILES string of the molecule is CN(Sc1cncc(C#N)c1)[C@@H](CF)c1ccc(Cl)cc1. The fraction of sp³-hybridized carbons (Fsp3) is 0.200. The van der Waals surface area contributed by atoms with Gasteiger partial charge < -0.3 is 0 Å². The minimum atomic E-state index is -0.517. The molecule has 0 bridgehead atoms. The Kier molecular flexibility index (Phi) is 5.57. The minimum Gasteiger partial charge on any atom is -0.262 e. The zero-order valence-electron chi connectivity index (χ0n) is 11.3. The van der Waals surface area contributed by atoms with Crippen LogP contribution in [0.3, 0.4) is 0 Å². The van der Waals surface area contributed by atoms with E-state index < -0.39 is 12.7 Å². The molecule has 0 spiro atoms. The molecule has 2 rings (SSSR count). The number of alkyl halides is 1. The van der Waals surface area contributed by atoms with Crippen molar-refractivity contribution in [3.8, 4) is 6.07 Å². The molecule has 0 aliphatic rings. The second-order valence-electron chi connectivity index (χ2n) is 4.38. The Labute approximate surface area is 132 Å². The number of benzene rings is 1. The van der Waals surface area contributed by atoms with Crippen LogP contribution in [-0.2, 0) is 0 Å². The van der Waals surface area contributed by atoms with E-state index in [1.165, 1.54) is 18.1 Å². The summed E-state index contributed by atoms with van der Waals surface area (Å²) in [4.78, 5) is 4.79. The molecule has 6 heteroatoms. The lowest BCUT2D eigenvalue weighted by molar-refractivity contribution is 0.319. The zero-order chi connectivity index (χ0) is 15.2. The van der Waals surface area contributed by atoms with Gasteiger partial charge in [0.25, 0.3) is 0 Å². The molecule has 1 heterocycles. The minimum absolute atomic E-state index is 0.391. The fourth-order valence-corrected chi connectivity index (χ4v) is 2.89. The molecule has 0 radical (unpaired) electrons. The van der Waals surface area contributed by atoms with Crippen LogP contribution in [0.5, 0.6) is 0 Å². The predicted molar refractivity (Wildman–Crippen MR) is 82.7 cm³/mol. The second-order valence-corrected chi connectivity index (χ2v) is 6.05. The van der Waals surface area contributed by atoms with E-state index in [0.29, 0.717) is 10.6 Å².